The van der Waals surface area contributed by atoms with E-state index in [1.54, 1.807) is 18.2 Å². The minimum absolute atomic E-state index is 0.457. The van der Waals surface area contributed by atoms with Crippen LogP contribution in [-0.2, 0) is 6.42 Å². The number of benzene rings is 1. The van der Waals surface area contributed by atoms with Crippen molar-refractivity contribution in [3.05, 3.63) is 24.0 Å². The lowest BCUT2D eigenvalue weighted by molar-refractivity contribution is 0.303. The summed E-state index contributed by atoms with van der Waals surface area (Å²) in [6.45, 7) is 7.24. The van der Waals surface area contributed by atoms with Gasteiger partial charge >= 0.3 is 0 Å². The van der Waals surface area contributed by atoms with Gasteiger partial charge in [-0.15, -0.1) is 0 Å². The molecule has 0 amide bonds. The van der Waals surface area contributed by atoms with E-state index in [-0.39, 0.29) is 0 Å². The predicted molar refractivity (Wildman–Crippen MR) is 80.1 cm³/mol. The molecule has 0 fully saturated rings. The van der Waals surface area contributed by atoms with Crippen LogP contribution in [0.5, 0.6) is 0 Å². The molecule has 0 bridgehead atoms. The van der Waals surface area contributed by atoms with Crippen LogP contribution in [0, 0.1) is 0 Å². The van der Waals surface area contributed by atoms with E-state index in [9.17, 15) is 0 Å². The molecule has 0 saturated carbocycles. The zero-order valence-corrected chi connectivity index (χ0v) is 12.0. The minimum Gasteiger partial charge on any atom is -0.399 e. The van der Waals surface area contributed by atoms with Gasteiger partial charge in [0.1, 0.15) is 0 Å². The summed E-state index contributed by atoms with van der Waals surface area (Å²) >= 11 is 0. The number of likely N-dealkylation sites (N-methyl/N-ethyl adjacent to an activating group) is 1. The van der Waals surface area contributed by atoms with Crippen molar-refractivity contribution in [3.8, 4) is 11.5 Å². The smallest absolute Gasteiger partial charge is 0.258 e. The molecular formula is C14H21N5O. The highest BCUT2D eigenvalue weighted by Crippen LogP contribution is 2.23. The van der Waals surface area contributed by atoms with Gasteiger partial charge < -0.3 is 20.9 Å². The van der Waals surface area contributed by atoms with Crippen molar-refractivity contribution in [1.29, 1.82) is 0 Å². The molecule has 0 aliphatic heterocycles. The Hall–Kier alpha value is -2.08. The summed E-state index contributed by atoms with van der Waals surface area (Å²) in [5, 5.41) is 4.00. The predicted octanol–water partition coefficient (Wildman–Crippen LogP) is 1.79. The van der Waals surface area contributed by atoms with Gasteiger partial charge in [0.2, 0.25) is 0 Å². The third kappa shape index (κ3) is 3.48. The van der Waals surface area contributed by atoms with Gasteiger partial charge in [-0.2, -0.15) is 4.98 Å². The van der Waals surface area contributed by atoms with Gasteiger partial charge in [-0.25, -0.2) is 0 Å². The van der Waals surface area contributed by atoms with Gasteiger partial charge in [0.25, 0.3) is 5.89 Å². The fraction of sp³-hybridized carbons (Fsp3) is 0.429. The topological polar surface area (TPSA) is 94.2 Å². The molecule has 0 spiro atoms. The van der Waals surface area contributed by atoms with Crippen molar-refractivity contribution in [3.63, 3.8) is 0 Å². The molecule has 0 atom stereocenters. The molecule has 1 heterocycles. The van der Waals surface area contributed by atoms with E-state index >= 15 is 0 Å². The van der Waals surface area contributed by atoms with Crippen LogP contribution in [0.25, 0.3) is 11.5 Å². The SMILES string of the molecule is CCN(CC)CCc1noc(-c2cc(N)cc(N)c2)n1. The van der Waals surface area contributed by atoms with Crippen molar-refractivity contribution in [2.45, 2.75) is 20.3 Å². The number of nitrogens with zero attached hydrogens (tertiary/aromatic N) is 3. The molecule has 2 rings (SSSR count). The Balaban J connectivity index is 2.08. The summed E-state index contributed by atoms with van der Waals surface area (Å²) in [6, 6.07) is 5.25. The van der Waals surface area contributed by atoms with Gasteiger partial charge in [-0.05, 0) is 31.3 Å². The van der Waals surface area contributed by atoms with E-state index in [0.29, 0.717) is 23.1 Å². The fourth-order valence-corrected chi connectivity index (χ4v) is 2.07. The largest absolute Gasteiger partial charge is 0.399 e. The molecule has 108 valence electrons. The number of hydrogen-bond donors (Lipinski definition) is 2. The minimum atomic E-state index is 0.457. The molecule has 4 N–H and O–H groups in total. The van der Waals surface area contributed by atoms with E-state index < -0.39 is 0 Å². The van der Waals surface area contributed by atoms with Crippen molar-refractivity contribution in [2.75, 3.05) is 31.1 Å². The average molecular weight is 275 g/mol. The summed E-state index contributed by atoms with van der Waals surface area (Å²) in [5.74, 6) is 1.16. The Morgan fingerprint density at radius 3 is 2.35 bits per heavy atom. The molecule has 0 radical (unpaired) electrons. The maximum atomic E-state index is 5.76. The van der Waals surface area contributed by atoms with E-state index in [1.807, 2.05) is 0 Å². The Morgan fingerprint density at radius 2 is 1.75 bits per heavy atom. The number of anilines is 2. The van der Waals surface area contributed by atoms with Crippen LogP contribution in [0.2, 0.25) is 0 Å². The van der Waals surface area contributed by atoms with Gasteiger partial charge in [-0.3, -0.25) is 0 Å². The van der Waals surface area contributed by atoms with Crippen molar-refractivity contribution >= 4 is 11.4 Å². The summed E-state index contributed by atoms with van der Waals surface area (Å²) < 4.78 is 5.27. The molecule has 2 aromatic rings. The van der Waals surface area contributed by atoms with Gasteiger partial charge in [0.05, 0.1) is 0 Å². The van der Waals surface area contributed by atoms with Crippen LogP contribution in [0.15, 0.2) is 22.7 Å². The third-order valence-corrected chi connectivity index (χ3v) is 3.24. The molecule has 20 heavy (non-hydrogen) atoms. The lowest BCUT2D eigenvalue weighted by Gasteiger charge is -2.16. The summed E-state index contributed by atoms with van der Waals surface area (Å²) in [7, 11) is 0. The Kier molecular flexibility index (Phi) is 4.57. The first-order chi connectivity index (χ1) is 9.62. The van der Waals surface area contributed by atoms with E-state index in [4.69, 9.17) is 16.0 Å². The second-order valence-electron chi connectivity index (χ2n) is 4.68. The van der Waals surface area contributed by atoms with Crippen LogP contribution < -0.4 is 11.5 Å². The average Bonchev–Trinajstić information content (AvgIpc) is 2.88. The number of nitrogens with two attached hydrogens (primary N) is 2. The standard InChI is InChI=1S/C14H21N5O/c1-3-19(4-2)6-5-13-17-14(20-18-13)10-7-11(15)9-12(16)8-10/h7-9H,3-6,15-16H2,1-2H3. The van der Waals surface area contributed by atoms with Crippen LogP contribution in [0.4, 0.5) is 11.4 Å². The fourth-order valence-electron chi connectivity index (χ4n) is 2.07. The zero-order valence-electron chi connectivity index (χ0n) is 12.0. The van der Waals surface area contributed by atoms with E-state index in [1.165, 1.54) is 0 Å². The number of aromatic nitrogens is 2. The highest BCUT2D eigenvalue weighted by Gasteiger charge is 2.11. The molecule has 1 aromatic carbocycles. The Labute approximate surface area is 118 Å². The molecule has 0 saturated heterocycles. The van der Waals surface area contributed by atoms with Crippen LogP contribution >= 0.6 is 0 Å². The molecular weight excluding hydrogens is 254 g/mol. The van der Waals surface area contributed by atoms with Gasteiger partial charge in [-0.1, -0.05) is 19.0 Å². The van der Waals surface area contributed by atoms with Crippen LogP contribution in [0.1, 0.15) is 19.7 Å². The van der Waals surface area contributed by atoms with Gasteiger partial charge in [0.15, 0.2) is 5.82 Å². The molecule has 6 nitrogen and oxygen atoms in total. The third-order valence-electron chi connectivity index (χ3n) is 3.24. The Morgan fingerprint density at radius 1 is 1.10 bits per heavy atom. The second kappa shape index (κ2) is 6.38. The van der Waals surface area contributed by atoms with Gasteiger partial charge in [0, 0.05) is 29.9 Å². The van der Waals surface area contributed by atoms with E-state index in [2.05, 4.69) is 28.9 Å². The zero-order chi connectivity index (χ0) is 14.5. The normalized spacial score (nSPS) is 11.2. The monoisotopic (exact) mass is 275 g/mol. The number of nitrogen functional groups attached to an aromatic ring is 2. The molecule has 0 aliphatic rings. The first kappa shape index (κ1) is 14.3. The van der Waals surface area contributed by atoms with Crippen LogP contribution in [0.3, 0.4) is 0 Å². The summed E-state index contributed by atoms with van der Waals surface area (Å²) in [6.07, 6.45) is 0.767. The second-order valence-corrected chi connectivity index (χ2v) is 4.68. The van der Waals surface area contributed by atoms with Crippen molar-refractivity contribution in [1.82, 2.24) is 15.0 Å². The first-order valence-electron chi connectivity index (χ1n) is 6.83. The summed E-state index contributed by atoms with van der Waals surface area (Å²) in [5.41, 5.74) is 13.4. The number of hydrogen-bond acceptors (Lipinski definition) is 6. The van der Waals surface area contributed by atoms with Crippen LogP contribution in [-0.4, -0.2) is 34.7 Å². The highest BCUT2D eigenvalue weighted by atomic mass is 16.5. The molecule has 0 aliphatic carbocycles. The lowest BCUT2D eigenvalue weighted by Crippen LogP contribution is -2.25. The molecule has 6 heteroatoms. The lowest BCUT2D eigenvalue weighted by atomic mass is 10.2. The first-order valence-corrected chi connectivity index (χ1v) is 6.83. The number of rotatable bonds is 6. The molecule has 1 aromatic heterocycles. The van der Waals surface area contributed by atoms with Crippen molar-refractivity contribution < 1.29 is 4.52 Å². The quantitative estimate of drug-likeness (QED) is 0.780. The Bertz CT molecular complexity index is 542. The molecule has 0 unspecified atom stereocenters. The van der Waals surface area contributed by atoms with Crippen molar-refractivity contribution in [2.24, 2.45) is 0 Å². The van der Waals surface area contributed by atoms with E-state index in [0.717, 1.165) is 31.6 Å². The maximum Gasteiger partial charge on any atom is 0.258 e. The maximum absolute atomic E-state index is 5.76. The summed E-state index contributed by atoms with van der Waals surface area (Å²) in [4.78, 5) is 6.70. The highest BCUT2D eigenvalue weighted by molar-refractivity contribution is 5.66.